The van der Waals surface area contributed by atoms with Crippen molar-refractivity contribution in [3.05, 3.63) is 28.8 Å². The van der Waals surface area contributed by atoms with Crippen LogP contribution in [0.1, 0.15) is 27.9 Å². The lowest BCUT2D eigenvalue weighted by Gasteiger charge is -2.21. The van der Waals surface area contributed by atoms with Crippen molar-refractivity contribution in [3.8, 4) is 11.8 Å². The Kier molecular flexibility index (Phi) is 2.54. The summed E-state index contributed by atoms with van der Waals surface area (Å²) in [4.78, 5) is 11.5. The normalized spacial score (nSPS) is 14.8. The monoisotopic (exact) mass is 241 g/mol. The molecule has 0 aromatic heterocycles. The average molecular weight is 241 g/mol. The van der Waals surface area contributed by atoms with Gasteiger partial charge in [0, 0.05) is 6.42 Å². The van der Waals surface area contributed by atoms with Crippen LogP contribution in [-0.4, -0.2) is 12.4 Å². The van der Waals surface area contributed by atoms with Crippen molar-refractivity contribution in [3.63, 3.8) is 0 Å². The van der Waals surface area contributed by atoms with E-state index in [0.717, 1.165) is 6.07 Å². The Morgan fingerprint density at radius 2 is 2.06 bits per heavy atom. The highest BCUT2D eigenvalue weighted by Gasteiger charge is 2.38. The molecule has 0 bridgehead atoms. The first-order chi connectivity index (χ1) is 7.93. The van der Waals surface area contributed by atoms with Gasteiger partial charge in [-0.05, 0) is 12.1 Å². The summed E-state index contributed by atoms with van der Waals surface area (Å²) < 4.78 is 43.1. The molecular weight excluding hydrogens is 235 g/mol. The van der Waals surface area contributed by atoms with E-state index in [1.165, 1.54) is 0 Å². The Bertz CT molecular complexity index is 529. The lowest BCUT2D eigenvalue weighted by molar-refractivity contribution is -0.139. The van der Waals surface area contributed by atoms with Gasteiger partial charge in [-0.2, -0.15) is 18.4 Å². The Balaban J connectivity index is 2.71. The number of hydrogen-bond donors (Lipinski definition) is 0. The zero-order chi connectivity index (χ0) is 12.6. The molecule has 0 saturated heterocycles. The lowest BCUT2D eigenvalue weighted by Crippen LogP contribution is -2.20. The van der Waals surface area contributed by atoms with Crippen LogP contribution < -0.4 is 4.74 Å². The SMILES string of the molecule is N#Cc1cc2c(c(C(F)(F)F)c1)OCCC2=O. The maximum Gasteiger partial charge on any atom is 0.420 e. The van der Waals surface area contributed by atoms with Gasteiger partial charge in [0.15, 0.2) is 5.78 Å². The standard InChI is InChI=1S/C11H6F3NO2/c12-11(13,14)8-4-6(5-15)3-7-9(16)1-2-17-10(7)8/h3-4H,1-2H2. The highest BCUT2D eigenvalue weighted by atomic mass is 19.4. The number of ether oxygens (including phenoxy) is 1. The summed E-state index contributed by atoms with van der Waals surface area (Å²) in [7, 11) is 0. The smallest absolute Gasteiger partial charge is 0.420 e. The third-order valence-corrected chi connectivity index (χ3v) is 2.40. The molecule has 1 heterocycles. The van der Waals surface area contributed by atoms with Gasteiger partial charge in [0.05, 0.1) is 29.4 Å². The second-order valence-electron chi connectivity index (χ2n) is 3.53. The molecule has 1 aliphatic rings. The van der Waals surface area contributed by atoms with Crippen LogP contribution in [0.15, 0.2) is 12.1 Å². The number of fused-ring (bicyclic) bond motifs is 1. The lowest BCUT2D eigenvalue weighted by atomic mass is 9.98. The third-order valence-electron chi connectivity index (χ3n) is 2.40. The van der Waals surface area contributed by atoms with Gasteiger partial charge in [0.1, 0.15) is 5.75 Å². The number of rotatable bonds is 0. The number of ketones is 1. The van der Waals surface area contributed by atoms with E-state index >= 15 is 0 Å². The number of alkyl halides is 3. The number of hydrogen-bond acceptors (Lipinski definition) is 3. The van der Waals surface area contributed by atoms with Crippen LogP contribution in [-0.2, 0) is 6.18 Å². The summed E-state index contributed by atoms with van der Waals surface area (Å²) in [6, 6.07) is 3.43. The van der Waals surface area contributed by atoms with E-state index in [2.05, 4.69) is 0 Å². The molecule has 0 fully saturated rings. The minimum atomic E-state index is -4.64. The fourth-order valence-electron chi connectivity index (χ4n) is 1.65. The van der Waals surface area contributed by atoms with Crippen molar-refractivity contribution in [2.75, 3.05) is 6.61 Å². The number of Topliss-reactive ketones (excluding diaryl/α,β-unsaturated/α-hetero) is 1. The van der Waals surface area contributed by atoms with E-state index in [4.69, 9.17) is 10.00 Å². The number of carbonyl (C=O) groups excluding carboxylic acids is 1. The summed E-state index contributed by atoms with van der Waals surface area (Å²) in [6.07, 6.45) is -4.62. The minimum absolute atomic E-state index is 0.0270. The zero-order valence-corrected chi connectivity index (χ0v) is 8.47. The molecule has 0 atom stereocenters. The van der Waals surface area contributed by atoms with Crippen LogP contribution in [0.3, 0.4) is 0 Å². The van der Waals surface area contributed by atoms with Gasteiger partial charge in [-0.1, -0.05) is 0 Å². The van der Waals surface area contributed by atoms with Crippen LogP contribution in [0, 0.1) is 11.3 Å². The quantitative estimate of drug-likeness (QED) is 0.701. The fraction of sp³-hybridized carbons (Fsp3) is 0.273. The number of nitrogens with zero attached hydrogens (tertiary/aromatic N) is 1. The van der Waals surface area contributed by atoms with Gasteiger partial charge in [-0.15, -0.1) is 0 Å². The molecule has 6 heteroatoms. The largest absolute Gasteiger partial charge is 0.492 e. The molecule has 88 valence electrons. The molecule has 0 radical (unpaired) electrons. The van der Waals surface area contributed by atoms with E-state index in [1.54, 1.807) is 6.07 Å². The first kappa shape index (κ1) is 11.5. The van der Waals surface area contributed by atoms with Crippen LogP contribution in [0.5, 0.6) is 5.75 Å². The molecule has 1 aromatic carbocycles. The molecule has 3 nitrogen and oxygen atoms in total. The van der Waals surface area contributed by atoms with Crippen LogP contribution in [0.4, 0.5) is 13.2 Å². The third kappa shape index (κ3) is 1.96. The Morgan fingerprint density at radius 1 is 1.35 bits per heavy atom. The van der Waals surface area contributed by atoms with Crippen molar-refractivity contribution in [2.45, 2.75) is 12.6 Å². The van der Waals surface area contributed by atoms with E-state index in [9.17, 15) is 18.0 Å². The van der Waals surface area contributed by atoms with Crippen molar-refractivity contribution in [1.82, 2.24) is 0 Å². The van der Waals surface area contributed by atoms with Gasteiger partial charge in [0.25, 0.3) is 0 Å². The van der Waals surface area contributed by atoms with Gasteiger partial charge in [0.2, 0.25) is 0 Å². The Labute approximate surface area is 94.4 Å². The zero-order valence-electron chi connectivity index (χ0n) is 8.47. The summed E-state index contributed by atoms with van der Waals surface area (Å²) >= 11 is 0. The van der Waals surface area contributed by atoms with Crippen LogP contribution >= 0.6 is 0 Å². The summed E-state index contributed by atoms with van der Waals surface area (Å²) in [5.74, 6) is -0.901. The molecular formula is C11H6F3NO2. The minimum Gasteiger partial charge on any atom is -0.492 e. The second kappa shape index (κ2) is 3.77. The molecule has 1 aromatic rings. The average Bonchev–Trinajstić information content (AvgIpc) is 2.27. The van der Waals surface area contributed by atoms with Crippen LogP contribution in [0.2, 0.25) is 0 Å². The number of benzene rings is 1. The Morgan fingerprint density at radius 3 is 2.65 bits per heavy atom. The maximum atomic E-state index is 12.7. The molecule has 0 saturated carbocycles. The highest BCUT2D eigenvalue weighted by molar-refractivity contribution is 6.00. The van der Waals surface area contributed by atoms with Crippen LogP contribution in [0.25, 0.3) is 0 Å². The summed E-state index contributed by atoms with van der Waals surface area (Å²) in [6.45, 7) is -0.0686. The van der Waals surface area contributed by atoms with E-state index in [-0.39, 0.29) is 24.2 Å². The first-order valence-electron chi connectivity index (χ1n) is 4.75. The fourth-order valence-corrected chi connectivity index (χ4v) is 1.65. The Hall–Kier alpha value is -2.03. The molecule has 2 rings (SSSR count). The predicted molar refractivity (Wildman–Crippen MR) is 50.6 cm³/mol. The molecule has 0 spiro atoms. The molecule has 17 heavy (non-hydrogen) atoms. The number of carbonyl (C=O) groups is 1. The summed E-state index contributed by atoms with van der Waals surface area (Å²) in [5.41, 5.74) is -1.43. The number of halogens is 3. The number of nitriles is 1. The molecule has 0 amide bonds. The molecule has 0 unspecified atom stereocenters. The van der Waals surface area contributed by atoms with E-state index < -0.39 is 23.3 Å². The molecule has 0 aliphatic carbocycles. The second-order valence-corrected chi connectivity index (χ2v) is 3.53. The predicted octanol–water partition coefficient (Wildman–Crippen LogP) is 2.54. The van der Waals surface area contributed by atoms with E-state index in [1.807, 2.05) is 0 Å². The van der Waals surface area contributed by atoms with Gasteiger partial charge < -0.3 is 4.74 Å². The van der Waals surface area contributed by atoms with E-state index in [0.29, 0.717) is 6.07 Å². The van der Waals surface area contributed by atoms with Crippen molar-refractivity contribution >= 4 is 5.78 Å². The van der Waals surface area contributed by atoms with Crippen molar-refractivity contribution < 1.29 is 22.7 Å². The van der Waals surface area contributed by atoms with Crippen molar-refractivity contribution in [1.29, 1.82) is 5.26 Å². The van der Waals surface area contributed by atoms with Gasteiger partial charge >= 0.3 is 6.18 Å². The van der Waals surface area contributed by atoms with Gasteiger partial charge in [-0.25, -0.2) is 0 Å². The maximum absolute atomic E-state index is 12.7. The first-order valence-corrected chi connectivity index (χ1v) is 4.75. The van der Waals surface area contributed by atoms with Gasteiger partial charge in [-0.3, -0.25) is 4.79 Å². The molecule has 0 N–H and O–H groups in total. The molecule has 1 aliphatic heterocycles. The highest BCUT2D eigenvalue weighted by Crippen LogP contribution is 2.40. The van der Waals surface area contributed by atoms with Crippen molar-refractivity contribution in [2.24, 2.45) is 0 Å². The topological polar surface area (TPSA) is 50.1 Å². The summed E-state index contributed by atoms with van der Waals surface area (Å²) in [5, 5.41) is 8.65.